The molecule has 1 aromatic rings. The molecule has 0 amide bonds. The Balaban J connectivity index is 2.75. The Bertz CT molecular complexity index is 408. The third-order valence-corrected chi connectivity index (χ3v) is 3.61. The summed E-state index contributed by atoms with van der Waals surface area (Å²) in [4.78, 5) is 0. The molecule has 0 saturated heterocycles. The van der Waals surface area contributed by atoms with Gasteiger partial charge in [0, 0.05) is 0 Å². The van der Waals surface area contributed by atoms with Gasteiger partial charge in [-0.05, 0) is 52.2 Å². The second-order valence-corrected chi connectivity index (χ2v) is 5.65. The van der Waals surface area contributed by atoms with Crippen LogP contribution in [0.1, 0.15) is 33.3 Å². The monoisotopic (exact) mass is 250 g/mol. The molecule has 0 atom stereocenters. The van der Waals surface area contributed by atoms with Crippen LogP contribution in [0.25, 0.3) is 0 Å². The number of rotatable bonds is 5. The highest BCUT2D eigenvalue weighted by molar-refractivity contribution is 6.47. The van der Waals surface area contributed by atoms with Crippen molar-refractivity contribution in [2.24, 2.45) is 0 Å². The van der Waals surface area contributed by atoms with Crippen molar-refractivity contribution in [3.63, 3.8) is 0 Å². The first-order chi connectivity index (χ1) is 8.17. The van der Waals surface area contributed by atoms with Crippen LogP contribution in [0.4, 0.5) is 0 Å². The number of hydrogen-bond donors (Lipinski definition) is 1. The quantitative estimate of drug-likeness (QED) is 0.806. The van der Waals surface area contributed by atoms with Crippen LogP contribution in [0.5, 0.6) is 5.75 Å². The molecule has 0 aliphatic rings. The lowest BCUT2D eigenvalue weighted by atomic mass is 9.80. The van der Waals surface area contributed by atoms with Crippen molar-refractivity contribution in [3.05, 3.63) is 23.8 Å². The van der Waals surface area contributed by atoms with E-state index in [4.69, 9.17) is 9.39 Å². The molecule has 4 heteroatoms. The minimum absolute atomic E-state index is 0.479. The SMILES string of the molecule is COc1ccc(BOC(C)(C)C(C)(C)O)c(C)c1. The van der Waals surface area contributed by atoms with E-state index in [2.05, 4.69) is 0 Å². The third-order valence-electron chi connectivity index (χ3n) is 3.61. The van der Waals surface area contributed by atoms with Crippen molar-refractivity contribution >= 4 is 12.9 Å². The Morgan fingerprint density at radius 3 is 2.22 bits per heavy atom. The number of aliphatic hydroxyl groups is 1. The van der Waals surface area contributed by atoms with Gasteiger partial charge in [0.05, 0.1) is 18.3 Å². The minimum Gasteiger partial charge on any atom is -0.497 e. The van der Waals surface area contributed by atoms with Crippen LogP contribution in [0.3, 0.4) is 0 Å². The maximum absolute atomic E-state index is 10.0. The first-order valence-corrected chi connectivity index (χ1v) is 6.17. The molecule has 0 aliphatic carbocycles. The van der Waals surface area contributed by atoms with E-state index >= 15 is 0 Å². The molecular formula is C14H23BO3. The zero-order chi connectivity index (χ0) is 14.0. The van der Waals surface area contributed by atoms with Crippen LogP contribution in [-0.2, 0) is 4.65 Å². The summed E-state index contributed by atoms with van der Waals surface area (Å²) >= 11 is 0. The Morgan fingerprint density at radius 1 is 1.17 bits per heavy atom. The zero-order valence-electron chi connectivity index (χ0n) is 12.2. The Kier molecular flexibility index (Phi) is 4.46. The maximum Gasteiger partial charge on any atom is 0.309 e. The highest BCUT2D eigenvalue weighted by atomic mass is 16.5. The van der Waals surface area contributed by atoms with Gasteiger partial charge in [-0.1, -0.05) is 11.6 Å². The Labute approximate surface area is 110 Å². The fourth-order valence-corrected chi connectivity index (χ4v) is 1.39. The van der Waals surface area contributed by atoms with Gasteiger partial charge in [-0.2, -0.15) is 0 Å². The molecule has 0 bridgehead atoms. The lowest BCUT2D eigenvalue weighted by Crippen LogP contribution is -2.49. The number of benzene rings is 1. The van der Waals surface area contributed by atoms with E-state index in [0.717, 1.165) is 16.8 Å². The molecule has 18 heavy (non-hydrogen) atoms. The summed E-state index contributed by atoms with van der Waals surface area (Å²) in [7, 11) is 2.13. The first kappa shape index (κ1) is 15.1. The Hall–Kier alpha value is -0.995. The Morgan fingerprint density at radius 2 is 1.78 bits per heavy atom. The molecule has 0 heterocycles. The van der Waals surface area contributed by atoms with Crippen LogP contribution in [-0.4, -0.2) is 30.9 Å². The first-order valence-electron chi connectivity index (χ1n) is 6.17. The van der Waals surface area contributed by atoms with E-state index in [9.17, 15) is 5.11 Å². The molecule has 0 radical (unpaired) electrons. The molecule has 0 aromatic heterocycles. The van der Waals surface area contributed by atoms with Crippen LogP contribution in [0.2, 0.25) is 0 Å². The van der Waals surface area contributed by atoms with Gasteiger partial charge in [0.25, 0.3) is 0 Å². The lowest BCUT2D eigenvalue weighted by Gasteiger charge is -2.37. The highest BCUT2D eigenvalue weighted by Gasteiger charge is 2.35. The molecule has 0 unspecified atom stereocenters. The zero-order valence-corrected chi connectivity index (χ0v) is 12.2. The lowest BCUT2D eigenvalue weighted by molar-refractivity contribution is -0.0893. The second-order valence-electron chi connectivity index (χ2n) is 5.65. The van der Waals surface area contributed by atoms with E-state index in [-0.39, 0.29) is 0 Å². The average molecular weight is 250 g/mol. The summed E-state index contributed by atoms with van der Waals surface area (Å²) in [5, 5.41) is 10.0. The number of hydrogen-bond acceptors (Lipinski definition) is 3. The smallest absolute Gasteiger partial charge is 0.309 e. The molecule has 3 nitrogen and oxygen atoms in total. The van der Waals surface area contributed by atoms with Gasteiger partial charge in [0.2, 0.25) is 0 Å². The van der Waals surface area contributed by atoms with E-state index in [1.165, 1.54) is 0 Å². The molecule has 1 rings (SSSR count). The van der Waals surface area contributed by atoms with Crippen molar-refractivity contribution in [2.75, 3.05) is 7.11 Å². The number of methoxy groups -OCH3 is 1. The average Bonchev–Trinajstić information content (AvgIpc) is 2.25. The van der Waals surface area contributed by atoms with Gasteiger partial charge in [0.1, 0.15) is 5.75 Å². The molecule has 1 N–H and O–H groups in total. The molecule has 100 valence electrons. The second kappa shape index (κ2) is 5.33. The maximum atomic E-state index is 10.0. The molecule has 1 aromatic carbocycles. The van der Waals surface area contributed by atoms with Crippen molar-refractivity contribution in [1.82, 2.24) is 0 Å². The molecular weight excluding hydrogens is 227 g/mol. The van der Waals surface area contributed by atoms with Gasteiger partial charge in [-0.3, -0.25) is 0 Å². The van der Waals surface area contributed by atoms with Crippen molar-refractivity contribution < 1.29 is 14.5 Å². The predicted molar refractivity (Wildman–Crippen MR) is 76.0 cm³/mol. The van der Waals surface area contributed by atoms with Crippen LogP contribution < -0.4 is 10.2 Å². The summed E-state index contributed by atoms with van der Waals surface area (Å²) in [6.07, 6.45) is 0. The molecule has 0 aliphatic heterocycles. The summed E-state index contributed by atoms with van der Waals surface area (Å²) < 4.78 is 11.0. The van der Waals surface area contributed by atoms with E-state index in [1.54, 1.807) is 21.0 Å². The van der Waals surface area contributed by atoms with Gasteiger partial charge < -0.3 is 14.5 Å². The summed E-state index contributed by atoms with van der Waals surface area (Å²) in [6.45, 7) is 9.33. The van der Waals surface area contributed by atoms with Gasteiger partial charge in [0.15, 0.2) is 0 Å². The topological polar surface area (TPSA) is 38.7 Å². The van der Waals surface area contributed by atoms with Gasteiger partial charge >= 0.3 is 7.48 Å². The van der Waals surface area contributed by atoms with Crippen molar-refractivity contribution in [1.29, 1.82) is 0 Å². The summed E-state index contributed by atoms with van der Waals surface area (Å²) in [5.41, 5.74) is 0.751. The fraction of sp³-hybridized carbons (Fsp3) is 0.571. The normalized spacial score (nSPS) is 12.4. The summed E-state index contributed by atoms with van der Waals surface area (Å²) in [6, 6.07) is 5.90. The highest BCUT2D eigenvalue weighted by Crippen LogP contribution is 2.24. The van der Waals surface area contributed by atoms with Crippen molar-refractivity contribution in [2.45, 2.75) is 45.8 Å². The number of ether oxygens (including phenoxy) is 1. The molecule has 0 fully saturated rings. The summed E-state index contributed by atoms with van der Waals surface area (Å²) in [5.74, 6) is 0.845. The third kappa shape index (κ3) is 3.50. The minimum atomic E-state index is -0.882. The van der Waals surface area contributed by atoms with Gasteiger partial charge in [-0.25, -0.2) is 0 Å². The standard InChI is InChI=1S/C14H23BO3/c1-10-9-11(17-6)7-8-12(10)15-18-14(4,5)13(2,3)16/h7-9,15-16H,1-6H3. The molecule has 0 saturated carbocycles. The number of aryl methyl sites for hydroxylation is 1. The van der Waals surface area contributed by atoms with Gasteiger partial charge in [-0.15, -0.1) is 0 Å². The molecule has 0 spiro atoms. The fourth-order valence-electron chi connectivity index (χ4n) is 1.39. The van der Waals surface area contributed by atoms with E-state index < -0.39 is 11.2 Å². The van der Waals surface area contributed by atoms with E-state index in [1.807, 2.05) is 39.0 Å². The van der Waals surface area contributed by atoms with Crippen LogP contribution >= 0.6 is 0 Å². The van der Waals surface area contributed by atoms with E-state index in [0.29, 0.717) is 7.48 Å². The largest absolute Gasteiger partial charge is 0.497 e. The predicted octanol–water partition coefficient (Wildman–Crippen LogP) is 1.55. The van der Waals surface area contributed by atoms with Crippen LogP contribution in [0.15, 0.2) is 18.2 Å². The van der Waals surface area contributed by atoms with Crippen molar-refractivity contribution in [3.8, 4) is 5.75 Å². The van der Waals surface area contributed by atoms with Crippen LogP contribution in [0, 0.1) is 6.92 Å².